The Labute approximate surface area is 139 Å². The summed E-state index contributed by atoms with van der Waals surface area (Å²) >= 11 is 1.41. The third-order valence-electron chi connectivity index (χ3n) is 4.39. The summed E-state index contributed by atoms with van der Waals surface area (Å²) in [7, 11) is 0. The molecule has 1 unspecified atom stereocenters. The highest BCUT2D eigenvalue weighted by molar-refractivity contribution is 7.09. The zero-order valence-corrected chi connectivity index (χ0v) is 13.8. The normalized spacial score (nSPS) is 20.7. The SMILES string of the molecule is O=C(NC1CC1)C1CCCN1c1nc(Cc2ccccc2)ns1. The highest BCUT2D eigenvalue weighted by atomic mass is 32.1. The molecular formula is C17H20N4OS. The fourth-order valence-corrected chi connectivity index (χ4v) is 3.77. The number of carbonyl (C=O) groups is 1. The molecule has 1 N–H and O–H groups in total. The average molecular weight is 328 g/mol. The molecule has 2 heterocycles. The maximum absolute atomic E-state index is 12.4. The summed E-state index contributed by atoms with van der Waals surface area (Å²) in [6.45, 7) is 0.892. The summed E-state index contributed by atoms with van der Waals surface area (Å²) in [6, 6.07) is 10.6. The van der Waals surface area contributed by atoms with Crippen molar-refractivity contribution in [2.24, 2.45) is 0 Å². The Kier molecular flexibility index (Phi) is 3.99. The summed E-state index contributed by atoms with van der Waals surface area (Å²) in [5.41, 5.74) is 1.21. The van der Waals surface area contributed by atoms with E-state index in [2.05, 4.69) is 31.7 Å². The average Bonchev–Trinajstić information content (AvgIpc) is 3.06. The first kappa shape index (κ1) is 14.6. The lowest BCUT2D eigenvalue weighted by Crippen LogP contribution is -2.44. The lowest BCUT2D eigenvalue weighted by Gasteiger charge is -2.22. The van der Waals surface area contributed by atoms with E-state index in [0.717, 1.165) is 49.6 Å². The summed E-state index contributed by atoms with van der Waals surface area (Å²) < 4.78 is 4.48. The molecule has 1 aliphatic carbocycles. The van der Waals surface area contributed by atoms with E-state index in [1.807, 2.05) is 18.2 Å². The number of benzene rings is 1. The molecule has 1 amide bonds. The van der Waals surface area contributed by atoms with Gasteiger partial charge in [0.1, 0.15) is 11.9 Å². The van der Waals surface area contributed by atoms with Crippen LogP contribution in [0.1, 0.15) is 37.1 Å². The number of anilines is 1. The molecule has 2 aliphatic rings. The van der Waals surface area contributed by atoms with Crippen LogP contribution in [0.5, 0.6) is 0 Å². The largest absolute Gasteiger partial charge is 0.352 e. The van der Waals surface area contributed by atoms with Crippen LogP contribution >= 0.6 is 11.5 Å². The molecule has 1 aromatic heterocycles. The van der Waals surface area contributed by atoms with Gasteiger partial charge in [-0.1, -0.05) is 30.3 Å². The van der Waals surface area contributed by atoms with Gasteiger partial charge in [-0.3, -0.25) is 4.79 Å². The minimum absolute atomic E-state index is 0.0758. The number of nitrogens with zero attached hydrogens (tertiary/aromatic N) is 3. The first-order valence-electron chi connectivity index (χ1n) is 8.23. The van der Waals surface area contributed by atoms with Gasteiger partial charge in [0.25, 0.3) is 0 Å². The Morgan fingerprint density at radius 2 is 2.09 bits per heavy atom. The van der Waals surface area contributed by atoms with Gasteiger partial charge >= 0.3 is 0 Å². The highest BCUT2D eigenvalue weighted by Crippen LogP contribution is 2.28. The van der Waals surface area contributed by atoms with Gasteiger partial charge in [0.15, 0.2) is 0 Å². The van der Waals surface area contributed by atoms with Crippen molar-refractivity contribution in [2.45, 2.75) is 44.2 Å². The Hall–Kier alpha value is -1.95. The molecule has 2 fully saturated rings. The van der Waals surface area contributed by atoms with E-state index >= 15 is 0 Å². The number of nitrogens with one attached hydrogen (secondary N) is 1. The molecule has 23 heavy (non-hydrogen) atoms. The lowest BCUT2D eigenvalue weighted by molar-refractivity contribution is -0.122. The predicted octanol–water partition coefficient (Wildman–Crippen LogP) is 2.38. The van der Waals surface area contributed by atoms with E-state index in [0.29, 0.717) is 6.04 Å². The van der Waals surface area contributed by atoms with E-state index in [1.165, 1.54) is 17.1 Å². The number of hydrogen-bond donors (Lipinski definition) is 1. The Morgan fingerprint density at radius 1 is 1.26 bits per heavy atom. The predicted molar refractivity (Wildman–Crippen MR) is 90.7 cm³/mol. The van der Waals surface area contributed by atoms with Crippen molar-refractivity contribution in [2.75, 3.05) is 11.4 Å². The van der Waals surface area contributed by atoms with Gasteiger partial charge in [-0.2, -0.15) is 4.37 Å². The minimum atomic E-state index is -0.0758. The van der Waals surface area contributed by atoms with Gasteiger partial charge in [0.2, 0.25) is 11.0 Å². The van der Waals surface area contributed by atoms with Crippen molar-refractivity contribution in [1.82, 2.24) is 14.7 Å². The second kappa shape index (κ2) is 6.28. The van der Waals surface area contributed by atoms with Crippen LogP contribution in [-0.2, 0) is 11.2 Å². The zero-order chi connectivity index (χ0) is 15.6. The summed E-state index contributed by atoms with van der Waals surface area (Å²) in [5, 5.41) is 4.00. The Balaban J connectivity index is 1.45. The van der Waals surface area contributed by atoms with Crippen LogP contribution in [0.2, 0.25) is 0 Å². The number of aromatic nitrogens is 2. The summed E-state index contributed by atoms with van der Waals surface area (Å²) in [4.78, 5) is 19.2. The lowest BCUT2D eigenvalue weighted by atomic mass is 10.1. The standard InChI is InChI=1S/C17H20N4OS/c22-16(18-13-8-9-13)14-7-4-10-21(14)17-19-15(20-23-17)11-12-5-2-1-3-6-12/h1-3,5-6,13-14H,4,7-11H2,(H,18,22). The van der Waals surface area contributed by atoms with Gasteiger partial charge < -0.3 is 10.2 Å². The van der Waals surface area contributed by atoms with Crippen molar-refractivity contribution in [3.8, 4) is 0 Å². The highest BCUT2D eigenvalue weighted by Gasteiger charge is 2.35. The third-order valence-corrected chi connectivity index (χ3v) is 5.18. The molecule has 6 heteroatoms. The van der Waals surface area contributed by atoms with Crippen LogP contribution in [0.4, 0.5) is 5.13 Å². The van der Waals surface area contributed by atoms with Gasteiger partial charge in [0.05, 0.1) is 0 Å². The third kappa shape index (κ3) is 3.37. The molecule has 1 saturated carbocycles. The van der Waals surface area contributed by atoms with Gasteiger partial charge in [-0.05, 0) is 31.2 Å². The van der Waals surface area contributed by atoms with Crippen LogP contribution in [-0.4, -0.2) is 33.9 Å². The van der Waals surface area contributed by atoms with Crippen molar-refractivity contribution in [3.63, 3.8) is 0 Å². The second-order valence-corrected chi connectivity index (χ2v) is 7.02. The first-order chi connectivity index (χ1) is 11.3. The molecule has 1 saturated heterocycles. The molecule has 1 aliphatic heterocycles. The number of carbonyl (C=O) groups excluding carboxylic acids is 1. The molecule has 2 aromatic rings. The van der Waals surface area contributed by atoms with Crippen LogP contribution in [0.15, 0.2) is 30.3 Å². The van der Waals surface area contributed by atoms with Crippen molar-refractivity contribution in [1.29, 1.82) is 0 Å². The fraction of sp³-hybridized carbons (Fsp3) is 0.471. The molecule has 120 valence electrons. The molecular weight excluding hydrogens is 308 g/mol. The van der Waals surface area contributed by atoms with Crippen molar-refractivity contribution in [3.05, 3.63) is 41.7 Å². The molecule has 1 aromatic carbocycles. The van der Waals surface area contributed by atoms with E-state index in [9.17, 15) is 4.79 Å². The van der Waals surface area contributed by atoms with Gasteiger partial charge in [-0.25, -0.2) is 4.98 Å². The van der Waals surface area contributed by atoms with Crippen LogP contribution < -0.4 is 10.2 Å². The smallest absolute Gasteiger partial charge is 0.243 e. The topological polar surface area (TPSA) is 58.1 Å². The zero-order valence-electron chi connectivity index (χ0n) is 12.9. The van der Waals surface area contributed by atoms with Crippen molar-refractivity contribution < 1.29 is 4.79 Å². The Morgan fingerprint density at radius 3 is 2.87 bits per heavy atom. The van der Waals surface area contributed by atoms with Crippen LogP contribution in [0.3, 0.4) is 0 Å². The second-order valence-electron chi connectivity index (χ2n) is 6.29. The van der Waals surface area contributed by atoms with E-state index < -0.39 is 0 Å². The quantitative estimate of drug-likeness (QED) is 0.915. The van der Waals surface area contributed by atoms with Gasteiger partial charge in [-0.15, -0.1) is 0 Å². The fourth-order valence-electron chi connectivity index (χ4n) is 3.00. The summed E-state index contributed by atoms with van der Waals surface area (Å²) in [6.07, 6.45) is 4.93. The number of hydrogen-bond acceptors (Lipinski definition) is 5. The number of amides is 1. The van der Waals surface area contributed by atoms with Crippen LogP contribution in [0.25, 0.3) is 0 Å². The maximum atomic E-state index is 12.4. The summed E-state index contributed by atoms with van der Waals surface area (Å²) in [5.74, 6) is 0.995. The first-order valence-corrected chi connectivity index (χ1v) is 9.00. The molecule has 0 radical (unpaired) electrons. The molecule has 4 rings (SSSR count). The Bertz CT molecular complexity index is 683. The van der Waals surface area contributed by atoms with E-state index in [4.69, 9.17) is 0 Å². The van der Waals surface area contributed by atoms with Crippen LogP contribution in [0, 0.1) is 0 Å². The monoisotopic (exact) mass is 328 g/mol. The molecule has 5 nitrogen and oxygen atoms in total. The van der Waals surface area contributed by atoms with E-state index in [-0.39, 0.29) is 11.9 Å². The molecule has 0 spiro atoms. The van der Waals surface area contributed by atoms with Gasteiger partial charge in [0, 0.05) is 30.5 Å². The van der Waals surface area contributed by atoms with E-state index in [1.54, 1.807) is 0 Å². The van der Waals surface area contributed by atoms with Crippen molar-refractivity contribution >= 4 is 22.6 Å². The number of rotatable bonds is 5. The maximum Gasteiger partial charge on any atom is 0.243 e. The molecule has 0 bridgehead atoms. The minimum Gasteiger partial charge on any atom is -0.352 e. The molecule has 1 atom stereocenters.